The van der Waals surface area contributed by atoms with Crippen molar-refractivity contribution in [2.24, 2.45) is 5.41 Å². The Labute approximate surface area is 189 Å². The number of carboxylic acid groups (broad SMARTS) is 3. The van der Waals surface area contributed by atoms with E-state index in [2.05, 4.69) is 24.1 Å². The molecule has 0 aromatic heterocycles. The molecule has 174 valence electrons. The zero-order chi connectivity index (χ0) is 24.5. The average molecular weight is 456 g/mol. The van der Waals surface area contributed by atoms with Crippen molar-refractivity contribution in [2.45, 2.75) is 26.7 Å². The molecule has 0 spiro atoms. The number of benzene rings is 2. The van der Waals surface area contributed by atoms with Crippen LogP contribution in [0.4, 0.5) is 11.4 Å². The molecular formula is C23H24N2O8. The molecule has 1 amide bonds. The van der Waals surface area contributed by atoms with Crippen LogP contribution in [-0.4, -0.2) is 57.3 Å². The first kappa shape index (κ1) is 23.6. The van der Waals surface area contributed by atoms with E-state index in [-0.39, 0.29) is 16.7 Å². The molecule has 33 heavy (non-hydrogen) atoms. The number of aromatic hydroxyl groups is 1. The van der Waals surface area contributed by atoms with Gasteiger partial charge in [0, 0.05) is 18.8 Å². The Hall–Kier alpha value is -4.08. The molecule has 0 aliphatic carbocycles. The first-order chi connectivity index (χ1) is 15.4. The minimum absolute atomic E-state index is 0.0591. The number of hydrogen-bond donors (Lipinski definition) is 5. The summed E-state index contributed by atoms with van der Waals surface area (Å²) in [5.41, 5.74) is -1.19. The number of phenols is 1. The van der Waals surface area contributed by atoms with Gasteiger partial charge < -0.3 is 30.6 Å². The number of carboxylic acids is 3. The highest BCUT2D eigenvalue weighted by atomic mass is 16.4. The van der Waals surface area contributed by atoms with Crippen LogP contribution in [0, 0.1) is 5.41 Å². The lowest BCUT2D eigenvalue weighted by Crippen LogP contribution is -2.37. The largest absolute Gasteiger partial charge is 0.507 e. The van der Waals surface area contributed by atoms with Crippen molar-refractivity contribution in [1.29, 1.82) is 0 Å². The number of hydrogen-bond acceptors (Lipinski definition) is 6. The van der Waals surface area contributed by atoms with Gasteiger partial charge in [-0.3, -0.25) is 4.79 Å². The fourth-order valence-electron chi connectivity index (χ4n) is 3.70. The van der Waals surface area contributed by atoms with E-state index >= 15 is 0 Å². The summed E-state index contributed by atoms with van der Waals surface area (Å²) in [5.74, 6) is -6.24. The van der Waals surface area contributed by atoms with Crippen LogP contribution in [0.15, 0.2) is 30.3 Å². The lowest BCUT2D eigenvalue weighted by atomic mass is 9.82. The van der Waals surface area contributed by atoms with Crippen LogP contribution in [0.5, 0.6) is 5.75 Å². The van der Waals surface area contributed by atoms with E-state index in [1.807, 2.05) is 0 Å². The average Bonchev–Trinajstić information content (AvgIpc) is 2.72. The quantitative estimate of drug-likeness (QED) is 0.438. The minimum atomic E-state index is -1.56. The van der Waals surface area contributed by atoms with Crippen LogP contribution in [0.25, 0.3) is 0 Å². The van der Waals surface area contributed by atoms with Gasteiger partial charge in [-0.2, -0.15) is 0 Å². The standard InChI is InChI=1S/C23H24N2O8/c1-23(2)5-7-25(8-6-23)12-3-4-13(20(28)29)17(9-12)24-19(27)14-10-16(22(32)33)18(26)11-15(14)21(30)31/h3-4,9-11,26H,5-8H2,1-2H3,(H,24,27)(H,28,29)(H,30,31)(H,32,33). The third-order valence-corrected chi connectivity index (χ3v) is 5.81. The summed E-state index contributed by atoms with van der Waals surface area (Å²) >= 11 is 0. The number of piperidine rings is 1. The van der Waals surface area contributed by atoms with E-state index in [4.69, 9.17) is 0 Å². The Morgan fingerprint density at radius 3 is 1.94 bits per heavy atom. The van der Waals surface area contributed by atoms with Crippen LogP contribution in [0.1, 0.15) is 68.1 Å². The highest BCUT2D eigenvalue weighted by Crippen LogP contribution is 2.34. The second-order valence-electron chi connectivity index (χ2n) is 8.67. The SMILES string of the molecule is CC1(C)CCN(c2ccc(C(=O)O)c(NC(=O)c3cc(C(=O)O)c(O)cc3C(=O)O)c2)CC1. The minimum Gasteiger partial charge on any atom is -0.507 e. The maximum absolute atomic E-state index is 12.9. The molecule has 3 rings (SSSR count). The molecular weight excluding hydrogens is 432 g/mol. The first-order valence-corrected chi connectivity index (χ1v) is 10.2. The van der Waals surface area contributed by atoms with E-state index in [1.54, 1.807) is 6.07 Å². The highest BCUT2D eigenvalue weighted by molar-refractivity contribution is 6.14. The molecule has 2 aromatic rings. The van der Waals surface area contributed by atoms with Crippen molar-refractivity contribution in [3.8, 4) is 5.75 Å². The Balaban J connectivity index is 1.99. The number of carbonyl (C=O) groups excluding carboxylic acids is 1. The Morgan fingerprint density at radius 2 is 1.39 bits per heavy atom. The van der Waals surface area contributed by atoms with Gasteiger partial charge in [0.15, 0.2) is 0 Å². The molecule has 0 bridgehead atoms. The molecule has 1 aliphatic heterocycles. The van der Waals surface area contributed by atoms with Crippen LogP contribution in [0.2, 0.25) is 0 Å². The summed E-state index contributed by atoms with van der Waals surface area (Å²) in [7, 11) is 0. The van der Waals surface area contributed by atoms with Crippen LogP contribution in [0.3, 0.4) is 0 Å². The lowest BCUT2D eigenvalue weighted by Gasteiger charge is -2.38. The number of carbonyl (C=O) groups is 4. The van der Waals surface area contributed by atoms with Crippen molar-refractivity contribution in [2.75, 3.05) is 23.3 Å². The molecule has 0 atom stereocenters. The lowest BCUT2D eigenvalue weighted by molar-refractivity contribution is 0.0676. The van der Waals surface area contributed by atoms with Gasteiger partial charge in [0.1, 0.15) is 11.3 Å². The number of nitrogens with one attached hydrogen (secondary N) is 1. The predicted octanol–water partition coefficient (Wildman–Crippen LogP) is 3.37. The van der Waals surface area contributed by atoms with Gasteiger partial charge >= 0.3 is 17.9 Å². The molecule has 1 fully saturated rings. The normalized spacial score (nSPS) is 15.0. The molecule has 0 saturated carbocycles. The molecule has 0 unspecified atom stereocenters. The number of nitrogens with zero attached hydrogens (tertiary/aromatic N) is 1. The van der Waals surface area contributed by atoms with E-state index < -0.39 is 46.3 Å². The van der Waals surface area contributed by atoms with Crippen LogP contribution >= 0.6 is 0 Å². The van der Waals surface area contributed by atoms with Crippen molar-refractivity contribution in [1.82, 2.24) is 0 Å². The van der Waals surface area contributed by atoms with Gasteiger partial charge in [0.25, 0.3) is 5.91 Å². The van der Waals surface area contributed by atoms with Gasteiger partial charge in [-0.15, -0.1) is 0 Å². The van der Waals surface area contributed by atoms with Crippen molar-refractivity contribution in [3.63, 3.8) is 0 Å². The van der Waals surface area contributed by atoms with Gasteiger partial charge in [-0.05, 0) is 48.6 Å². The monoisotopic (exact) mass is 456 g/mol. The molecule has 5 N–H and O–H groups in total. The van der Waals surface area contributed by atoms with E-state index in [1.165, 1.54) is 12.1 Å². The van der Waals surface area contributed by atoms with Crippen molar-refractivity contribution >= 4 is 35.2 Å². The molecule has 2 aromatic carbocycles. The van der Waals surface area contributed by atoms with Gasteiger partial charge in [0.2, 0.25) is 0 Å². The van der Waals surface area contributed by atoms with Crippen molar-refractivity contribution < 1.29 is 39.6 Å². The summed E-state index contributed by atoms with van der Waals surface area (Å²) in [4.78, 5) is 49.6. The Morgan fingerprint density at radius 1 is 0.818 bits per heavy atom. The highest BCUT2D eigenvalue weighted by Gasteiger charge is 2.27. The summed E-state index contributed by atoms with van der Waals surface area (Å²) in [6, 6.07) is 5.91. The fraction of sp³-hybridized carbons (Fsp3) is 0.304. The zero-order valence-electron chi connectivity index (χ0n) is 18.1. The number of aromatic carboxylic acids is 3. The fourth-order valence-corrected chi connectivity index (χ4v) is 3.70. The summed E-state index contributed by atoms with van der Waals surface area (Å²) in [5, 5.41) is 40.3. The first-order valence-electron chi connectivity index (χ1n) is 10.2. The van der Waals surface area contributed by atoms with E-state index in [9.17, 15) is 39.6 Å². The number of rotatable bonds is 6. The summed E-state index contributed by atoms with van der Waals surface area (Å²) < 4.78 is 0. The van der Waals surface area contributed by atoms with E-state index in [0.717, 1.165) is 32.0 Å². The van der Waals surface area contributed by atoms with Crippen LogP contribution < -0.4 is 10.2 Å². The van der Waals surface area contributed by atoms with Gasteiger partial charge in [-0.1, -0.05) is 13.8 Å². The predicted molar refractivity (Wildman–Crippen MR) is 119 cm³/mol. The molecule has 10 heteroatoms. The second kappa shape index (κ2) is 8.81. The summed E-state index contributed by atoms with van der Waals surface area (Å²) in [6.45, 7) is 5.84. The second-order valence-corrected chi connectivity index (χ2v) is 8.67. The zero-order valence-corrected chi connectivity index (χ0v) is 18.1. The maximum Gasteiger partial charge on any atom is 0.339 e. The Bertz CT molecular complexity index is 1150. The maximum atomic E-state index is 12.9. The molecule has 10 nitrogen and oxygen atoms in total. The third kappa shape index (κ3) is 5.05. The van der Waals surface area contributed by atoms with Crippen LogP contribution in [-0.2, 0) is 0 Å². The Kier molecular flexibility index (Phi) is 6.30. The third-order valence-electron chi connectivity index (χ3n) is 5.81. The number of anilines is 2. The number of amides is 1. The molecule has 1 saturated heterocycles. The van der Waals surface area contributed by atoms with E-state index in [0.29, 0.717) is 11.8 Å². The molecule has 1 heterocycles. The topological polar surface area (TPSA) is 164 Å². The molecule has 0 radical (unpaired) electrons. The van der Waals surface area contributed by atoms with Gasteiger partial charge in [-0.25, -0.2) is 14.4 Å². The van der Waals surface area contributed by atoms with Crippen molar-refractivity contribution in [3.05, 3.63) is 52.6 Å². The molecule has 1 aliphatic rings. The smallest absolute Gasteiger partial charge is 0.339 e. The summed E-state index contributed by atoms with van der Waals surface area (Å²) in [6.07, 6.45) is 1.87. The van der Waals surface area contributed by atoms with Gasteiger partial charge in [0.05, 0.1) is 22.4 Å².